The fourth-order valence-corrected chi connectivity index (χ4v) is 2.71. The molecule has 0 fully saturated rings. The molecular formula is C22H30N4O2. The first kappa shape index (κ1) is 21.3. The summed E-state index contributed by atoms with van der Waals surface area (Å²) in [6, 6.07) is 15.7. The highest BCUT2D eigenvalue weighted by molar-refractivity contribution is 5.94. The number of aliphatic imine (C=N–C) groups is 1. The summed E-state index contributed by atoms with van der Waals surface area (Å²) in [5, 5.41) is 6.52. The SMILES string of the molecule is CN=C(NCCOc1cccc(C)c1)NCCc1cccc(C(=O)N(C)C)c1. The first-order valence-corrected chi connectivity index (χ1v) is 9.44. The number of rotatable bonds is 8. The summed E-state index contributed by atoms with van der Waals surface area (Å²) in [7, 11) is 5.26. The fourth-order valence-electron chi connectivity index (χ4n) is 2.71. The average molecular weight is 383 g/mol. The molecule has 0 aliphatic heterocycles. The number of nitrogens with one attached hydrogen (secondary N) is 2. The number of aryl methyl sites for hydroxylation is 1. The number of amides is 1. The van der Waals surface area contributed by atoms with Crippen molar-refractivity contribution in [1.29, 1.82) is 0 Å². The van der Waals surface area contributed by atoms with Crippen LogP contribution in [0.15, 0.2) is 53.5 Å². The normalized spacial score (nSPS) is 11.1. The van der Waals surface area contributed by atoms with Crippen molar-refractivity contribution in [1.82, 2.24) is 15.5 Å². The first-order chi connectivity index (χ1) is 13.5. The lowest BCUT2D eigenvalue weighted by atomic mass is 10.1. The molecule has 0 spiro atoms. The van der Waals surface area contributed by atoms with Crippen molar-refractivity contribution < 1.29 is 9.53 Å². The quantitative estimate of drug-likeness (QED) is 0.418. The van der Waals surface area contributed by atoms with Gasteiger partial charge in [-0.2, -0.15) is 0 Å². The highest BCUT2D eigenvalue weighted by atomic mass is 16.5. The van der Waals surface area contributed by atoms with E-state index in [-0.39, 0.29) is 5.91 Å². The van der Waals surface area contributed by atoms with Gasteiger partial charge in [-0.25, -0.2) is 0 Å². The van der Waals surface area contributed by atoms with Gasteiger partial charge in [0.2, 0.25) is 0 Å². The zero-order chi connectivity index (χ0) is 20.4. The molecule has 0 unspecified atom stereocenters. The molecule has 2 rings (SSSR count). The zero-order valence-corrected chi connectivity index (χ0v) is 17.2. The van der Waals surface area contributed by atoms with Crippen LogP contribution in [0.3, 0.4) is 0 Å². The van der Waals surface area contributed by atoms with E-state index in [9.17, 15) is 4.79 Å². The predicted octanol–water partition coefficient (Wildman–Crippen LogP) is 2.48. The molecule has 2 N–H and O–H groups in total. The Morgan fingerprint density at radius 1 is 1.07 bits per heavy atom. The van der Waals surface area contributed by atoms with Crippen LogP contribution in [0.25, 0.3) is 0 Å². The van der Waals surface area contributed by atoms with E-state index < -0.39 is 0 Å². The van der Waals surface area contributed by atoms with Crippen molar-refractivity contribution in [2.75, 3.05) is 40.8 Å². The summed E-state index contributed by atoms with van der Waals surface area (Å²) in [5.74, 6) is 1.62. The molecule has 0 bridgehead atoms. The van der Waals surface area contributed by atoms with E-state index in [1.807, 2.05) is 55.5 Å². The fraction of sp³-hybridized carbons (Fsp3) is 0.364. The van der Waals surface area contributed by atoms with Crippen molar-refractivity contribution >= 4 is 11.9 Å². The van der Waals surface area contributed by atoms with Gasteiger partial charge in [0.1, 0.15) is 12.4 Å². The Kier molecular flexibility index (Phi) is 8.34. The number of hydrogen-bond donors (Lipinski definition) is 2. The van der Waals surface area contributed by atoms with E-state index >= 15 is 0 Å². The second-order valence-electron chi connectivity index (χ2n) is 6.74. The van der Waals surface area contributed by atoms with Crippen molar-refractivity contribution in [3.05, 3.63) is 65.2 Å². The summed E-state index contributed by atoms with van der Waals surface area (Å²) >= 11 is 0. The number of nitrogens with zero attached hydrogens (tertiary/aromatic N) is 2. The number of hydrogen-bond acceptors (Lipinski definition) is 3. The van der Waals surface area contributed by atoms with Crippen LogP contribution in [0, 0.1) is 6.92 Å². The van der Waals surface area contributed by atoms with Crippen molar-refractivity contribution in [3.8, 4) is 5.75 Å². The largest absolute Gasteiger partial charge is 0.492 e. The first-order valence-electron chi connectivity index (χ1n) is 9.44. The van der Waals surface area contributed by atoms with Crippen LogP contribution < -0.4 is 15.4 Å². The van der Waals surface area contributed by atoms with Gasteiger partial charge >= 0.3 is 0 Å². The minimum absolute atomic E-state index is 0.0147. The Hall–Kier alpha value is -3.02. The Morgan fingerprint density at radius 2 is 1.82 bits per heavy atom. The van der Waals surface area contributed by atoms with Crippen LogP contribution in [0.1, 0.15) is 21.5 Å². The van der Waals surface area contributed by atoms with Gasteiger partial charge < -0.3 is 20.3 Å². The number of guanidine groups is 1. The molecule has 1 amide bonds. The molecule has 0 heterocycles. The van der Waals surface area contributed by atoms with Gasteiger partial charge in [0.25, 0.3) is 5.91 Å². The summed E-state index contributed by atoms with van der Waals surface area (Å²) in [4.78, 5) is 17.9. The van der Waals surface area contributed by atoms with E-state index in [1.54, 1.807) is 26.0 Å². The van der Waals surface area contributed by atoms with Crippen molar-refractivity contribution in [2.45, 2.75) is 13.3 Å². The Balaban J connectivity index is 1.72. The minimum Gasteiger partial charge on any atom is -0.492 e. The molecule has 6 nitrogen and oxygen atoms in total. The van der Waals surface area contributed by atoms with E-state index in [2.05, 4.69) is 15.6 Å². The summed E-state index contributed by atoms with van der Waals surface area (Å²) < 4.78 is 5.73. The molecule has 0 aromatic heterocycles. The van der Waals surface area contributed by atoms with Crippen LogP contribution in [0.5, 0.6) is 5.75 Å². The molecule has 0 atom stereocenters. The van der Waals surface area contributed by atoms with Gasteiger partial charge in [-0.3, -0.25) is 9.79 Å². The number of benzene rings is 2. The van der Waals surface area contributed by atoms with Crippen LogP contribution in [-0.4, -0.2) is 57.6 Å². The third-order valence-electron chi connectivity index (χ3n) is 4.16. The summed E-state index contributed by atoms with van der Waals surface area (Å²) in [6.45, 7) is 3.97. The molecule has 0 radical (unpaired) electrons. The molecule has 0 aliphatic rings. The Labute approximate surface area is 167 Å². The van der Waals surface area contributed by atoms with Crippen LogP contribution in [0.2, 0.25) is 0 Å². The Morgan fingerprint density at radius 3 is 2.54 bits per heavy atom. The van der Waals surface area contributed by atoms with Crippen LogP contribution in [-0.2, 0) is 6.42 Å². The topological polar surface area (TPSA) is 66.0 Å². The van der Waals surface area contributed by atoms with E-state index in [1.165, 1.54) is 5.56 Å². The van der Waals surface area contributed by atoms with Gasteiger partial charge in [0, 0.05) is 33.3 Å². The van der Waals surface area contributed by atoms with Gasteiger partial charge in [-0.1, -0.05) is 24.3 Å². The van der Waals surface area contributed by atoms with E-state index in [4.69, 9.17) is 4.74 Å². The third kappa shape index (κ3) is 6.95. The molecule has 6 heteroatoms. The third-order valence-corrected chi connectivity index (χ3v) is 4.16. The van der Waals surface area contributed by atoms with Gasteiger partial charge in [-0.15, -0.1) is 0 Å². The smallest absolute Gasteiger partial charge is 0.253 e. The maximum absolute atomic E-state index is 12.1. The standard InChI is InChI=1S/C22H30N4O2/c1-17-7-5-10-20(15-17)28-14-13-25-22(23-2)24-12-11-18-8-6-9-19(16-18)21(27)26(3)4/h5-10,15-16H,11-14H2,1-4H3,(H2,23,24,25). The predicted molar refractivity (Wildman–Crippen MR) is 114 cm³/mol. The second kappa shape index (κ2) is 11.0. The number of carbonyl (C=O) groups excluding carboxylic acids is 1. The lowest BCUT2D eigenvalue weighted by molar-refractivity contribution is 0.0827. The zero-order valence-electron chi connectivity index (χ0n) is 17.2. The molecule has 2 aromatic rings. The summed E-state index contributed by atoms with van der Waals surface area (Å²) in [5.41, 5.74) is 3.00. The lowest BCUT2D eigenvalue weighted by Crippen LogP contribution is -2.40. The Bertz CT molecular complexity index is 803. The van der Waals surface area contributed by atoms with Crippen LogP contribution in [0.4, 0.5) is 0 Å². The van der Waals surface area contributed by atoms with Gasteiger partial charge in [0.15, 0.2) is 5.96 Å². The molecule has 2 aromatic carbocycles. The molecule has 0 aliphatic carbocycles. The molecule has 150 valence electrons. The van der Waals surface area contributed by atoms with Gasteiger partial charge in [0.05, 0.1) is 6.54 Å². The maximum Gasteiger partial charge on any atom is 0.253 e. The monoisotopic (exact) mass is 382 g/mol. The maximum atomic E-state index is 12.1. The molecule has 0 saturated heterocycles. The highest BCUT2D eigenvalue weighted by Gasteiger charge is 2.08. The van der Waals surface area contributed by atoms with Crippen LogP contribution >= 0.6 is 0 Å². The molecule has 28 heavy (non-hydrogen) atoms. The van der Waals surface area contributed by atoms with Crippen molar-refractivity contribution in [2.24, 2.45) is 4.99 Å². The number of carbonyl (C=O) groups is 1. The van der Waals surface area contributed by atoms with Gasteiger partial charge in [-0.05, 0) is 48.7 Å². The second-order valence-corrected chi connectivity index (χ2v) is 6.74. The summed E-state index contributed by atoms with van der Waals surface area (Å²) in [6.07, 6.45) is 0.801. The number of ether oxygens (including phenoxy) is 1. The molecular weight excluding hydrogens is 352 g/mol. The highest BCUT2D eigenvalue weighted by Crippen LogP contribution is 2.11. The molecule has 0 saturated carbocycles. The van der Waals surface area contributed by atoms with Crippen molar-refractivity contribution in [3.63, 3.8) is 0 Å². The lowest BCUT2D eigenvalue weighted by Gasteiger charge is -2.13. The van der Waals surface area contributed by atoms with E-state index in [0.29, 0.717) is 18.7 Å². The minimum atomic E-state index is 0.0147. The van der Waals surface area contributed by atoms with E-state index in [0.717, 1.165) is 30.2 Å². The average Bonchev–Trinajstić information content (AvgIpc) is 2.69.